The van der Waals surface area contributed by atoms with Crippen molar-refractivity contribution in [1.29, 1.82) is 0 Å². The minimum atomic E-state index is -3.51. The summed E-state index contributed by atoms with van der Waals surface area (Å²) < 4.78 is 16.2. The average molecular weight is 257 g/mol. The van der Waals surface area contributed by atoms with Gasteiger partial charge in [0.25, 0.3) is 0 Å². The lowest BCUT2D eigenvalue weighted by molar-refractivity contribution is 0.272. The van der Waals surface area contributed by atoms with Gasteiger partial charge in [-0.05, 0) is 36.8 Å². The van der Waals surface area contributed by atoms with Crippen LogP contribution in [0.4, 0.5) is 5.69 Å². The molecule has 1 unspecified atom stereocenters. The van der Waals surface area contributed by atoms with Crippen molar-refractivity contribution in [2.75, 3.05) is 6.61 Å². The van der Waals surface area contributed by atoms with E-state index in [1.54, 1.807) is 31.2 Å². The summed E-state index contributed by atoms with van der Waals surface area (Å²) in [5.74, 6) is 0. The number of isothiocyanates is 1. The Morgan fingerprint density at radius 1 is 1.50 bits per heavy atom. The Morgan fingerprint density at radius 2 is 2.12 bits per heavy atom. The lowest BCUT2D eigenvalue weighted by Crippen LogP contribution is -1.92. The Kier molecular flexibility index (Phi) is 5.00. The highest BCUT2D eigenvalue weighted by atomic mass is 32.1. The van der Waals surface area contributed by atoms with Gasteiger partial charge >= 0.3 is 7.60 Å². The molecule has 1 aromatic carbocycles. The van der Waals surface area contributed by atoms with Crippen LogP contribution in [0.1, 0.15) is 12.5 Å². The van der Waals surface area contributed by atoms with Gasteiger partial charge in [-0.1, -0.05) is 12.1 Å². The van der Waals surface area contributed by atoms with Gasteiger partial charge in [-0.3, -0.25) is 4.57 Å². The first-order valence-electron chi connectivity index (χ1n) is 4.70. The minimum Gasteiger partial charge on any atom is -0.324 e. The van der Waals surface area contributed by atoms with Gasteiger partial charge in [0.05, 0.1) is 23.6 Å². The molecule has 0 radical (unpaired) electrons. The van der Waals surface area contributed by atoms with Crippen LogP contribution >= 0.6 is 19.8 Å². The fourth-order valence-electron chi connectivity index (χ4n) is 1.21. The molecular formula is C10H12NO3PS. The van der Waals surface area contributed by atoms with Crippen molar-refractivity contribution < 1.29 is 14.0 Å². The molecule has 0 aromatic heterocycles. The van der Waals surface area contributed by atoms with E-state index in [9.17, 15) is 9.46 Å². The summed E-state index contributed by atoms with van der Waals surface area (Å²) in [7, 11) is -3.51. The zero-order chi connectivity index (χ0) is 12.0. The lowest BCUT2D eigenvalue weighted by atomic mass is 10.2. The molecule has 0 aliphatic heterocycles. The molecule has 1 atom stereocenters. The molecule has 0 heterocycles. The highest BCUT2D eigenvalue weighted by molar-refractivity contribution is 7.78. The standard InChI is InChI=1S/C10H12NO3PS/c1-2-14-15(12,13)7-9-3-5-10(6-4-9)11-8-16/h3-6H,2,7H2,1H3,(H,12,13). The fourth-order valence-corrected chi connectivity index (χ4v) is 2.48. The minimum absolute atomic E-state index is 0.00240. The second kappa shape index (κ2) is 6.04. The van der Waals surface area contributed by atoms with Crippen LogP contribution in [-0.2, 0) is 15.3 Å². The Balaban J connectivity index is 2.75. The number of aliphatic imine (C=N–C) groups is 1. The summed E-state index contributed by atoms with van der Waals surface area (Å²) in [5, 5.41) is 2.25. The van der Waals surface area contributed by atoms with E-state index >= 15 is 0 Å². The van der Waals surface area contributed by atoms with E-state index in [1.807, 2.05) is 0 Å². The number of nitrogens with zero attached hydrogens (tertiary/aromatic N) is 1. The molecule has 1 aromatic rings. The van der Waals surface area contributed by atoms with Gasteiger partial charge in [0, 0.05) is 0 Å². The van der Waals surface area contributed by atoms with Crippen molar-refractivity contribution >= 4 is 30.7 Å². The van der Waals surface area contributed by atoms with Gasteiger partial charge < -0.3 is 9.42 Å². The van der Waals surface area contributed by atoms with Crippen LogP contribution in [-0.4, -0.2) is 16.7 Å². The Morgan fingerprint density at radius 3 is 2.62 bits per heavy atom. The molecule has 0 aliphatic carbocycles. The molecule has 0 amide bonds. The molecule has 1 N–H and O–H groups in total. The molecule has 4 nitrogen and oxygen atoms in total. The highest BCUT2D eigenvalue weighted by Gasteiger charge is 2.18. The highest BCUT2D eigenvalue weighted by Crippen LogP contribution is 2.45. The average Bonchev–Trinajstić information content (AvgIpc) is 2.21. The van der Waals surface area contributed by atoms with E-state index in [0.717, 1.165) is 5.56 Å². The van der Waals surface area contributed by atoms with Crippen LogP contribution in [0.15, 0.2) is 29.3 Å². The maximum absolute atomic E-state index is 11.5. The number of hydrogen-bond donors (Lipinski definition) is 1. The second-order valence-corrected chi connectivity index (χ2v) is 5.11. The Labute approximate surface area is 99.5 Å². The SMILES string of the molecule is CCOP(=O)(O)Cc1ccc(N=C=S)cc1. The smallest absolute Gasteiger partial charge is 0.324 e. The molecule has 16 heavy (non-hydrogen) atoms. The second-order valence-electron chi connectivity index (χ2n) is 3.08. The summed E-state index contributed by atoms with van der Waals surface area (Å²) in [5.41, 5.74) is 1.39. The van der Waals surface area contributed by atoms with Crippen LogP contribution in [0.5, 0.6) is 0 Å². The van der Waals surface area contributed by atoms with Crippen LogP contribution in [0, 0.1) is 0 Å². The topological polar surface area (TPSA) is 58.9 Å². The predicted octanol–water partition coefficient (Wildman–Crippen LogP) is 3.14. The van der Waals surface area contributed by atoms with Crippen LogP contribution in [0.25, 0.3) is 0 Å². The van der Waals surface area contributed by atoms with Crippen molar-refractivity contribution in [3.8, 4) is 0 Å². The molecule has 0 fully saturated rings. The van der Waals surface area contributed by atoms with Crippen LogP contribution in [0.3, 0.4) is 0 Å². The van der Waals surface area contributed by atoms with Crippen molar-refractivity contribution in [2.45, 2.75) is 13.1 Å². The summed E-state index contributed by atoms with van der Waals surface area (Å²) in [4.78, 5) is 13.2. The van der Waals surface area contributed by atoms with E-state index in [2.05, 4.69) is 22.4 Å². The normalized spacial score (nSPS) is 13.9. The van der Waals surface area contributed by atoms with E-state index in [0.29, 0.717) is 5.69 Å². The molecule has 0 bridgehead atoms. The first-order chi connectivity index (χ1) is 7.57. The molecule has 1 rings (SSSR count). The van der Waals surface area contributed by atoms with Gasteiger partial charge in [0.2, 0.25) is 0 Å². The van der Waals surface area contributed by atoms with Crippen LogP contribution in [0.2, 0.25) is 0 Å². The maximum Gasteiger partial charge on any atom is 0.332 e. The third-order valence-electron chi connectivity index (χ3n) is 1.82. The summed E-state index contributed by atoms with van der Waals surface area (Å²) in [6.45, 7) is 1.90. The van der Waals surface area contributed by atoms with Gasteiger partial charge in [0.1, 0.15) is 0 Å². The van der Waals surface area contributed by atoms with Crippen molar-refractivity contribution in [3.63, 3.8) is 0 Å². The molecular weight excluding hydrogens is 245 g/mol. The molecule has 86 valence electrons. The van der Waals surface area contributed by atoms with Gasteiger partial charge in [-0.15, -0.1) is 0 Å². The molecule has 6 heteroatoms. The largest absolute Gasteiger partial charge is 0.332 e. The first kappa shape index (κ1) is 13.2. The Hall–Kier alpha value is -0.830. The number of hydrogen-bond acceptors (Lipinski definition) is 4. The van der Waals surface area contributed by atoms with Crippen LogP contribution < -0.4 is 0 Å². The van der Waals surface area contributed by atoms with Gasteiger partial charge in [0.15, 0.2) is 0 Å². The van der Waals surface area contributed by atoms with E-state index in [4.69, 9.17) is 4.52 Å². The maximum atomic E-state index is 11.5. The first-order valence-corrected chi connectivity index (χ1v) is 6.87. The molecule has 0 saturated heterocycles. The Bertz CT molecular complexity index is 440. The number of rotatable bonds is 5. The van der Waals surface area contributed by atoms with E-state index < -0.39 is 7.60 Å². The van der Waals surface area contributed by atoms with Gasteiger partial charge in [-0.25, -0.2) is 0 Å². The third-order valence-corrected chi connectivity index (χ3v) is 3.34. The summed E-state index contributed by atoms with van der Waals surface area (Å²) in [6, 6.07) is 6.85. The van der Waals surface area contributed by atoms with E-state index in [-0.39, 0.29) is 12.8 Å². The van der Waals surface area contributed by atoms with Gasteiger partial charge in [-0.2, -0.15) is 4.99 Å². The molecule has 0 saturated carbocycles. The zero-order valence-electron chi connectivity index (χ0n) is 8.79. The fraction of sp³-hybridized carbons (Fsp3) is 0.300. The van der Waals surface area contributed by atoms with E-state index in [1.165, 1.54) is 0 Å². The predicted molar refractivity (Wildman–Crippen MR) is 66.3 cm³/mol. The van der Waals surface area contributed by atoms with Crippen molar-refractivity contribution in [1.82, 2.24) is 0 Å². The zero-order valence-corrected chi connectivity index (χ0v) is 10.5. The van der Waals surface area contributed by atoms with Crippen molar-refractivity contribution in [2.24, 2.45) is 4.99 Å². The lowest BCUT2D eigenvalue weighted by Gasteiger charge is -2.10. The summed E-state index contributed by atoms with van der Waals surface area (Å²) >= 11 is 4.47. The monoisotopic (exact) mass is 257 g/mol. The molecule has 0 spiro atoms. The quantitative estimate of drug-likeness (QED) is 0.500. The van der Waals surface area contributed by atoms with Crippen molar-refractivity contribution in [3.05, 3.63) is 29.8 Å². The molecule has 0 aliphatic rings. The number of benzene rings is 1. The number of thiocarbonyl (C=S) groups is 1. The summed E-state index contributed by atoms with van der Waals surface area (Å²) in [6.07, 6.45) is 0.00240. The third kappa shape index (κ3) is 4.35.